The molecule has 1 nitrogen and oxygen atoms in total. The van der Waals surface area contributed by atoms with Gasteiger partial charge in [0, 0.05) is 9.99 Å². The predicted octanol–water partition coefficient (Wildman–Crippen LogP) is 4.22. The minimum Gasteiger partial charge on any atom is -0.388 e. The smallest absolute Gasteiger partial charge is 0.0830 e. The van der Waals surface area contributed by atoms with Gasteiger partial charge in [-0.15, -0.1) is 0 Å². The number of benzene rings is 2. The van der Waals surface area contributed by atoms with Crippen molar-refractivity contribution < 1.29 is 5.11 Å². The van der Waals surface area contributed by atoms with Crippen molar-refractivity contribution in [3.63, 3.8) is 0 Å². The molecule has 0 aliphatic rings. The van der Waals surface area contributed by atoms with Gasteiger partial charge in [0.1, 0.15) is 0 Å². The number of hydrogen-bond acceptors (Lipinski definition) is 1. The lowest BCUT2D eigenvalue weighted by Crippen LogP contribution is -2.01. The summed E-state index contributed by atoms with van der Waals surface area (Å²) in [5, 5.41) is 10.8. The van der Waals surface area contributed by atoms with Gasteiger partial charge < -0.3 is 5.11 Å². The molecule has 1 N–H and O–H groups in total. The van der Waals surface area contributed by atoms with Crippen LogP contribution in [0, 0.1) is 3.57 Å². The van der Waals surface area contributed by atoms with Gasteiger partial charge in [0.15, 0.2) is 0 Å². The third-order valence-electron chi connectivity index (χ3n) is 2.60. The number of aliphatic hydroxyl groups excluding tert-OH is 1. The molecule has 0 aliphatic heterocycles. The summed E-state index contributed by atoms with van der Waals surface area (Å²) in [6.45, 7) is 0. The molecule has 17 heavy (non-hydrogen) atoms. The van der Waals surface area contributed by atoms with Crippen molar-refractivity contribution in [3.05, 3.63) is 68.3 Å². The Kier molecular flexibility index (Phi) is 4.42. The summed E-state index contributed by atoms with van der Waals surface area (Å²) in [7, 11) is 0. The molecule has 1 unspecified atom stereocenters. The SMILES string of the molecule is OC(Cc1ccccc1)c1ccc(I)c(Cl)c1. The van der Waals surface area contributed by atoms with Crippen molar-refractivity contribution in [1.29, 1.82) is 0 Å². The van der Waals surface area contributed by atoms with Crippen molar-refractivity contribution in [2.45, 2.75) is 12.5 Å². The second kappa shape index (κ2) is 5.85. The van der Waals surface area contributed by atoms with Gasteiger partial charge in [-0.05, 0) is 45.9 Å². The Balaban J connectivity index is 2.14. The summed E-state index contributed by atoms with van der Waals surface area (Å²) in [6.07, 6.45) is 0.101. The fourth-order valence-electron chi connectivity index (χ4n) is 1.67. The maximum absolute atomic E-state index is 10.1. The quantitative estimate of drug-likeness (QED) is 0.815. The van der Waals surface area contributed by atoms with Crippen molar-refractivity contribution in [1.82, 2.24) is 0 Å². The zero-order chi connectivity index (χ0) is 12.3. The number of aliphatic hydroxyl groups is 1. The first-order valence-electron chi connectivity index (χ1n) is 5.34. The van der Waals surface area contributed by atoms with Gasteiger partial charge in [-0.2, -0.15) is 0 Å². The summed E-state index contributed by atoms with van der Waals surface area (Å²) in [5.41, 5.74) is 1.98. The molecule has 0 aliphatic carbocycles. The Morgan fingerprint density at radius 3 is 2.47 bits per heavy atom. The van der Waals surface area contributed by atoms with E-state index < -0.39 is 6.10 Å². The molecule has 0 aromatic heterocycles. The third-order valence-corrected chi connectivity index (χ3v) is 4.17. The van der Waals surface area contributed by atoms with Crippen molar-refractivity contribution in [3.8, 4) is 0 Å². The minimum atomic E-state index is -0.508. The standard InChI is InChI=1S/C14H12ClIO/c15-12-9-11(6-7-13(12)16)14(17)8-10-4-2-1-3-5-10/h1-7,9,14,17H,8H2. The van der Waals surface area contributed by atoms with E-state index in [9.17, 15) is 5.11 Å². The van der Waals surface area contributed by atoms with Crippen LogP contribution in [-0.2, 0) is 6.42 Å². The van der Waals surface area contributed by atoms with Crippen LogP contribution < -0.4 is 0 Å². The molecule has 88 valence electrons. The van der Waals surface area contributed by atoms with Gasteiger partial charge in [0.25, 0.3) is 0 Å². The Morgan fingerprint density at radius 1 is 1.12 bits per heavy atom. The summed E-state index contributed by atoms with van der Waals surface area (Å²) in [4.78, 5) is 0. The predicted molar refractivity (Wildman–Crippen MR) is 79.3 cm³/mol. The average Bonchev–Trinajstić information content (AvgIpc) is 2.34. The van der Waals surface area contributed by atoms with E-state index in [4.69, 9.17) is 11.6 Å². The van der Waals surface area contributed by atoms with E-state index in [1.807, 2.05) is 48.5 Å². The van der Waals surface area contributed by atoms with Gasteiger partial charge in [0.05, 0.1) is 11.1 Å². The number of rotatable bonds is 3. The number of halogens is 2. The normalized spacial score (nSPS) is 12.4. The lowest BCUT2D eigenvalue weighted by molar-refractivity contribution is 0.178. The van der Waals surface area contributed by atoms with E-state index in [2.05, 4.69) is 22.6 Å². The molecule has 0 fully saturated rings. The van der Waals surface area contributed by atoms with Gasteiger partial charge >= 0.3 is 0 Å². The topological polar surface area (TPSA) is 20.2 Å². The first kappa shape index (κ1) is 12.9. The van der Waals surface area contributed by atoms with Crippen LogP contribution in [0.5, 0.6) is 0 Å². The van der Waals surface area contributed by atoms with Crippen LogP contribution in [0.3, 0.4) is 0 Å². The van der Waals surface area contributed by atoms with E-state index in [1.165, 1.54) is 0 Å². The van der Waals surface area contributed by atoms with Crippen LogP contribution in [0.25, 0.3) is 0 Å². The van der Waals surface area contributed by atoms with Crippen LogP contribution in [0.1, 0.15) is 17.2 Å². The van der Waals surface area contributed by atoms with Crippen molar-refractivity contribution in [2.75, 3.05) is 0 Å². The van der Waals surface area contributed by atoms with Gasteiger partial charge in [0.2, 0.25) is 0 Å². The molecule has 2 aromatic carbocycles. The first-order valence-corrected chi connectivity index (χ1v) is 6.79. The molecule has 2 aromatic rings. The van der Waals surface area contributed by atoms with Gasteiger partial charge in [-0.3, -0.25) is 0 Å². The highest BCUT2D eigenvalue weighted by atomic mass is 127. The molecular weight excluding hydrogens is 347 g/mol. The zero-order valence-corrected chi connectivity index (χ0v) is 12.0. The van der Waals surface area contributed by atoms with Crippen molar-refractivity contribution in [2.24, 2.45) is 0 Å². The minimum absolute atomic E-state index is 0.508. The lowest BCUT2D eigenvalue weighted by Gasteiger charge is -2.12. The molecular formula is C14H12ClIO. The van der Waals surface area contributed by atoms with Gasteiger partial charge in [-0.1, -0.05) is 48.0 Å². The Hall–Kier alpha value is -0.580. The fraction of sp³-hybridized carbons (Fsp3) is 0.143. The molecule has 0 radical (unpaired) electrons. The number of hydrogen-bond donors (Lipinski definition) is 1. The largest absolute Gasteiger partial charge is 0.388 e. The maximum atomic E-state index is 10.1. The molecule has 0 saturated heterocycles. The third kappa shape index (κ3) is 3.44. The van der Waals surface area contributed by atoms with Gasteiger partial charge in [-0.25, -0.2) is 0 Å². The first-order chi connectivity index (χ1) is 8.16. The van der Waals surface area contributed by atoms with Crippen LogP contribution >= 0.6 is 34.2 Å². The lowest BCUT2D eigenvalue weighted by atomic mass is 10.0. The van der Waals surface area contributed by atoms with Crippen LogP contribution in [0.4, 0.5) is 0 Å². The van der Waals surface area contributed by atoms with E-state index in [1.54, 1.807) is 0 Å². The Morgan fingerprint density at radius 2 is 1.82 bits per heavy atom. The van der Waals surface area contributed by atoms with Crippen LogP contribution in [0.15, 0.2) is 48.5 Å². The molecule has 3 heteroatoms. The van der Waals surface area contributed by atoms with E-state index >= 15 is 0 Å². The molecule has 0 heterocycles. The van der Waals surface area contributed by atoms with E-state index in [0.29, 0.717) is 11.4 Å². The van der Waals surface area contributed by atoms with E-state index in [-0.39, 0.29) is 0 Å². The molecule has 0 spiro atoms. The monoisotopic (exact) mass is 358 g/mol. The Labute approximate surface area is 120 Å². The molecule has 2 rings (SSSR count). The average molecular weight is 359 g/mol. The maximum Gasteiger partial charge on any atom is 0.0830 e. The highest BCUT2D eigenvalue weighted by Crippen LogP contribution is 2.25. The zero-order valence-electron chi connectivity index (χ0n) is 9.11. The van der Waals surface area contributed by atoms with Crippen LogP contribution in [0.2, 0.25) is 5.02 Å². The highest BCUT2D eigenvalue weighted by Gasteiger charge is 2.09. The summed E-state index contributed by atoms with van der Waals surface area (Å²) in [5.74, 6) is 0. The molecule has 1 atom stereocenters. The Bertz CT molecular complexity index is 499. The van der Waals surface area contributed by atoms with Crippen LogP contribution in [-0.4, -0.2) is 5.11 Å². The second-order valence-electron chi connectivity index (χ2n) is 3.88. The molecule has 0 saturated carbocycles. The summed E-state index contributed by atoms with van der Waals surface area (Å²) in [6, 6.07) is 15.6. The molecule has 0 bridgehead atoms. The van der Waals surface area contributed by atoms with Crippen molar-refractivity contribution >= 4 is 34.2 Å². The summed E-state index contributed by atoms with van der Waals surface area (Å²) < 4.78 is 1.000. The second-order valence-corrected chi connectivity index (χ2v) is 5.45. The van der Waals surface area contributed by atoms with E-state index in [0.717, 1.165) is 14.7 Å². The summed E-state index contributed by atoms with van der Waals surface area (Å²) >= 11 is 8.22. The fourth-order valence-corrected chi connectivity index (χ4v) is 2.20. The molecule has 0 amide bonds. The highest BCUT2D eigenvalue weighted by molar-refractivity contribution is 14.1.